The maximum Gasteiger partial charge on any atom is 0.125 e. The van der Waals surface area contributed by atoms with E-state index in [9.17, 15) is 0 Å². The van der Waals surface area contributed by atoms with Gasteiger partial charge in [-0.05, 0) is 54.4 Å². The molecular formula is C21H36O2S6. The number of ether oxygens (including phenoxy) is 2. The van der Waals surface area contributed by atoms with Crippen LogP contribution in [0.25, 0.3) is 0 Å². The Morgan fingerprint density at radius 1 is 0.690 bits per heavy atom. The van der Waals surface area contributed by atoms with Crippen LogP contribution in [0, 0.1) is 6.92 Å². The Bertz CT molecular complexity index is 504. The van der Waals surface area contributed by atoms with Gasteiger partial charge in [-0.15, -0.1) is 0 Å². The standard InChI is InChI=1S/C21H36O2S6/c1-19-4-5-20(22-6-2-10-26-14-16-28-12-8-24)18-21(19)23-7-3-11-27-15-17-29-13-9-25/h4-5,18,24-25H,2-3,6-17H2,1H3. The van der Waals surface area contributed by atoms with Gasteiger partial charge in [-0.25, -0.2) is 0 Å². The summed E-state index contributed by atoms with van der Waals surface area (Å²) >= 11 is 16.4. The molecule has 0 amide bonds. The highest BCUT2D eigenvalue weighted by Gasteiger charge is 2.03. The summed E-state index contributed by atoms with van der Waals surface area (Å²) in [4.78, 5) is 0. The lowest BCUT2D eigenvalue weighted by Gasteiger charge is -2.12. The largest absolute Gasteiger partial charge is 0.493 e. The molecule has 0 heterocycles. The van der Waals surface area contributed by atoms with Gasteiger partial charge in [-0.3, -0.25) is 0 Å². The van der Waals surface area contributed by atoms with Crippen molar-refractivity contribution in [1.82, 2.24) is 0 Å². The van der Waals surface area contributed by atoms with Crippen molar-refractivity contribution in [2.45, 2.75) is 19.8 Å². The van der Waals surface area contributed by atoms with Gasteiger partial charge < -0.3 is 9.47 Å². The molecule has 0 saturated carbocycles. The molecule has 0 aliphatic heterocycles. The second-order valence-corrected chi connectivity index (χ2v) is 12.0. The van der Waals surface area contributed by atoms with Gasteiger partial charge in [0.2, 0.25) is 0 Å². The number of rotatable bonds is 20. The molecule has 0 aromatic heterocycles. The number of benzene rings is 1. The van der Waals surface area contributed by atoms with E-state index >= 15 is 0 Å². The first-order chi connectivity index (χ1) is 14.3. The zero-order valence-corrected chi connectivity index (χ0v) is 22.5. The Balaban J connectivity index is 2.09. The van der Waals surface area contributed by atoms with Crippen molar-refractivity contribution in [3.8, 4) is 11.5 Å². The van der Waals surface area contributed by atoms with Crippen LogP contribution in [0.3, 0.4) is 0 Å². The van der Waals surface area contributed by atoms with Crippen LogP contribution in [0.15, 0.2) is 18.2 Å². The van der Waals surface area contributed by atoms with Gasteiger partial charge in [0.05, 0.1) is 13.2 Å². The van der Waals surface area contributed by atoms with Crippen LogP contribution in [0.1, 0.15) is 18.4 Å². The van der Waals surface area contributed by atoms with Gasteiger partial charge in [0.1, 0.15) is 11.5 Å². The summed E-state index contributed by atoms with van der Waals surface area (Å²) < 4.78 is 11.9. The second-order valence-electron chi connectivity index (χ2n) is 6.23. The highest BCUT2D eigenvalue weighted by Crippen LogP contribution is 2.25. The third-order valence-corrected chi connectivity index (χ3v) is 9.45. The van der Waals surface area contributed by atoms with Gasteiger partial charge in [0.25, 0.3) is 0 Å². The fourth-order valence-corrected chi connectivity index (χ4v) is 6.67. The van der Waals surface area contributed by atoms with Crippen LogP contribution < -0.4 is 9.47 Å². The molecule has 0 fully saturated rings. The Labute approximate surface area is 206 Å². The van der Waals surface area contributed by atoms with E-state index in [2.05, 4.69) is 38.2 Å². The molecule has 0 aliphatic rings. The van der Waals surface area contributed by atoms with Crippen molar-refractivity contribution >= 4 is 72.3 Å². The van der Waals surface area contributed by atoms with Crippen LogP contribution in [0.5, 0.6) is 11.5 Å². The summed E-state index contributed by atoms with van der Waals surface area (Å²) in [6.45, 7) is 3.62. The molecule has 8 heteroatoms. The Kier molecular flexibility index (Phi) is 20.1. The monoisotopic (exact) mass is 512 g/mol. The van der Waals surface area contributed by atoms with Crippen LogP contribution in [-0.2, 0) is 0 Å². The zero-order valence-electron chi connectivity index (χ0n) is 17.5. The van der Waals surface area contributed by atoms with E-state index in [1.807, 2.05) is 59.2 Å². The van der Waals surface area contributed by atoms with Gasteiger partial charge in [0, 0.05) is 40.6 Å². The number of thioether (sulfide) groups is 4. The van der Waals surface area contributed by atoms with E-state index in [1.54, 1.807) is 0 Å². The van der Waals surface area contributed by atoms with E-state index < -0.39 is 0 Å². The smallest absolute Gasteiger partial charge is 0.125 e. The lowest BCUT2D eigenvalue weighted by atomic mass is 10.2. The molecule has 0 saturated heterocycles. The lowest BCUT2D eigenvalue weighted by molar-refractivity contribution is 0.301. The third kappa shape index (κ3) is 16.2. The summed E-state index contributed by atoms with van der Waals surface area (Å²) in [6, 6.07) is 6.17. The van der Waals surface area contributed by atoms with E-state index in [0.717, 1.165) is 72.1 Å². The molecule has 2 nitrogen and oxygen atoms in total. The number of hydrogen-bond acceptors (Lipinski definition) is 8. The SMILES string of the molecule is Cc1ccc(OCCCSCCSCCS)cc1OCCCSCCSCCS. The minimum absolute atomic E-state index is 0.765. The molecule has 0 bridgehead atoms. The Morgan fingerprint density at radius 2 is 1.21 bits per heavy atom. The first-order valence-corrected chi connectivity index (χ1v) is 16.0. The number of aryl methyl sites for hydroxylation is 1. The van der Waals surface area contributed by atoms with Crippen molar-refractivity contribution in [3.63, 3.8) is 0 Å². The fraction of sp³-hybridized carbons (Fsp3) is 0.714. The topological polar surface area (TPSA) is 18.5 Å². The summed E-state index contributed by atoms with van der Waals surface area (Å²) in [5.41, 5.74) is 1.17. The van der Waals surface area contributed by atoms with Crippen LogP contribution in [-0.4, -0.2) is 70.7 Å². The van der Waals surface area contributed by atoms with E-state index in [1.165, 1.54) is 28.6 Å². The maximum absolute atomic E-state index is 5.99. The first-order valence-electron chi connectivity index (χ1n) is 10.2. The zero-order chi connectivity index (χ0) is 21.0. The summed E-state index contributed by atoms with van der Waals surface area (Å²) in [6.07, 6.45) is 2.16. The van der Waals surface area contributed by atoms with E-state index in [-0.39, 0.29) is 0 Å². The van der Waals surface area contributed by atoms with Crippen molar-refractivity contribution in [3.05, 3.63) is 23.8 Å². The van der Waals surface area contributed by atoms with Crippen molar-refractivity contribution in [2.75, 3.05) is 70.7 Å². The molecule has 1 rings (SSSR count). The van der Waals surface area contributed by atoms with Crippen LogP contribution in [0.2, 0.25) is 0 Å². The first kappa shape index (κ1) is 28.0. The third-order valence-electron chi connectivity index (χ3n) is 3.77. The van der Waals surface area contributed by atoms with E-state index in [0.29, 0.717) is 0 Å². The van der Waals surface area contributed by atoms with E-state index in [4.69, 9.17) is 9.47 Å². The second kappa shape index (κ2) is 20.8. The molecule has 1 aromatic rings. The quantitative estimate of drug-likeness (QED) is 0.156. The average molecular weight is 513 g/mol. The minimum Gasteiger partial charge on any atom is -0.493 e. The molecule has 0 spiro atoms. The van der Waals surface area contributed by atoms with Gasteiger partial charge in [-0.1, -0.05) is 6.07 Å². The van der Waals surface area contributed by atoms with Crippen molar-refractivity contribution < 1.29 is 9.47 Å². The summed E-state index contributed by atoms with van der Waals surface area (Å²) in [5, 5.41) is 0. The minimum atomic E-state index is 0.765. The van der Waals surface area contributed by atoms with Gasteiger partial charge >= 0.3 is 0 Å². The van der Waals surface area contributed by atoms with Gasteiger partial charge in [-0.2, -0.15) is 72.3 Å². The molecule has 0 radical (unpaired) electrons. The predicted octanol–water partition coefficient (Wildman–Crippen LogP) is 6.33. The lowest BCUT2D eigenvalue weighted by Crippen LogP contribution is -2.03. The van der Waals surface area contributed by atoms with Crippen LogP contribution >= 0.6 is 72.3 Å². The highest BCUT2D eigenvalue weighted by molar-refractivity contribution is 8.03. The number of thiol groups is 2. The summed E-state index contributed by atoms with van der Waals surface area (Å²) in [7, 11) is 0. The fourth-order valence-electron chi connectivity index (χ4n) is 2.29. The average Bonchev–Trinajstić information content (AvgIpc) is 2.73. The molecule has 0 N–H and O–H groups in total. The van der Waals surface area contributed by atoms with Crippen LogP contribution in [0.4, 0.5) is 0 Å². The van der Waals surface area contributed by atoms with Crippen molar-refractivity contribution in [1.29, 1.82) is 0 Å². The van der Waals surface area contributed by atoms with Crippen molar-refractivity contribution in [2.24, 2.45) is 0 Å². The Hall–Kier alpha value is 0.920. The molecule has 0 atom stereocenters. The van der Waals surface area contributed by atoms with Gasteiger partial charge in [0.15, 0.2) is 0 Å². The normalized spacial score (nSPS) is 11.0. The molecule has 168 valence electrons. The molecule has 1 aromatic carbocycles. The Morgan fingerprint density at radius 3 is 1.76 bits per heavy atom. The predicted molar refractivity (Wildman–Crippen MR) is 148 cm³/mol. The molecule has 0 aliphatic carbocycles. The molecular weight excluding hydrogens is 477 g/mol. The summed E-state index contributed by atoms with van der Waals surface area (Å²) in [5.74, 6) is 13.3. The maximum atomic E-state index is 5.99. The highest BCUT2D eigenvalue weighted by atomic mass is 32.2. The number of hydrogen-bond donors (Lipinski definition) is 2. The molecule has 0 unspecified atom stereocenters. The molecule has 29 heavy (non-hydrogen) atoms.